The normalized spacial score (nSPS) is 16.0. The predicted octanol–water partition coefficient (Wildman–Crippen LogP) is 2.22. The second-order valence-corrected chi connectivity index (χ2v) is 8.49. The molecule has 0 unspecified atom stereocenters. The highest BCUT2D eigenvalue weighted by molar-refractivity contribution is 7.89. The molecule has 0 bridgehead atoms. The Morgan fingerprint density at radius 3 is 2.21 bits per heavy atom. The van der Waals surface area contributed by atoms with Crippen molar-refractivity contribution in [1.82, 2.24) is 9.21 Å². The van der Waals surface area contributed by atoms with Crippen molar-refractivity contribution in [2.75, 3.05) is 47.5 Å². The summed E-state index contributed by atoms with van der Waals surface area (Å²) in [6.07, 6.45) is 0. The van der Waals surface area contributed by atoms with Crippen LogP contribution >= 0.6 is 0 Å². The number of hydrogen-bond acceptors (Lipinski definition) is 6. The van der Waals surface area contributed by atoms with Gasteiger partial charge in [0.05, 0.1) is 26.2 Å². The minimum Gasteiger partial charge on any atom is -0.497 e. The molecule has 8 heteroatoms. The Bertz CT molecular complexity index is 909. The third-order valence-electron chi connectivity index (χ3n) is 4.86. The van der Waals surface area contributed by atoms with Crippen molar-refractivity contribution in [2.24, 2.45) is 0 Å². The van der Waals surface area contributed by atoms with Gasteiger partial charge in [0.25, 0.3) is 0 Å². The lowest BCUT2D eigenvalue weighted by Gasteiger charge is -2.34. The van der Waals surface area contributed by atoms with Crippen LogP contribution in [0.25, 0.3) is 0 Å². The zero-order chi connectivity index (χ0) is 20.1. The second kappa shape index (κ2) is 8.81. The number of benzene rings is 2. The Kier molecular flexibility index (Phi) is 6.43. The molecule has 0 N–H and O–H groups in total. The van der Waals surface area contributed by atoms with E-state index in [1.54, 1.807) is 19.2 Å². The summed E-state index contributed by atoms with van der Waals surface area (Å²) in [6, 6.07) is 12.6. The first-order chi connectivity index (χ1) is 13.5. The fraction of sp³-hybridized carbons (Fsp3) is 0.400. The number of piperazine rings is 1. The average Bonchev–Trinajstić information content (AvgIpc) is 2.73. The summed E-state index contributed by atoms with van der Waals surface area (Å²) in [4.78, 5) is 2.46. The molecule has 0 radical (unpaired) electrons. The highest BCUT2D eigenvalue weighted by atomic mass is 32.2. The number of rotatable bonds is 7. The largest absolute Gasteiger partial charge is 0.497 e. The van der Waals surface area contributed by atoms with Gasteiger partial charge in [-0.15, -0.1) is 0 Å². The molecule has 2 aromatic carbocycles. The second-order valence-electron chi connectivity index (χ2n) is 6.55. The van der Waals surface area contributed by atoms with E-state index in [-0.39, 0.29) is 4.90 Å². The Balaban J connectivity index is 1.66. The average molecular weight is 407 g/mol. The molecule has 0 spiro atoms. The number of nitrogens with zero attached hydrogens (tertiary/aromatic N) is 2. The Morgan fingerprint density at radius 2 is 1.57 bits per heavy atom. The van der Waals surface area contributed by atoms with Crippen molar-refractivity contribution in [3.8, 4) is 17.2 Å². The van der Waals surface area contributed by atoms with Crippen molar-refractivity contribution in [3.05, 3.63) is 48.0 Å². The van der Waals surface area contributed by atoms with E-state index in [1.807, 2.05) is 18.2 Å². The van der Waals surface area contributed by atoms with Gasteiger partial charge in [0.1, 0.15) is 5.75 Å². The molecule has 2 aromatic rings. The Morgan fingerprint density at radius 1 is 0.857 bits per heavy atom. The van der Waals surface area contributed by atoms with Crippen molar-refractivity contribution in [2.45, 2.75) is 11.4 Å². The lowest BCUT2D eigenvalue weighted by molar-refractivity contribution is 0.181. The van der Waals surface area contributed by atoms with Crippen LogP contribution in [0.4, 0.5) is 0 Å². The molecule has 0 aliphatic carbocycles. The van der Waals surface area contributed by atoms with Gasteiger partial charge in [0, 0.05) is 38.8 Å². The topological polar surface area (TPSA) is 68.3 Å². The number of sulfonamides is 1. The minimum absolute atomic E-state index is 0.214. The smallest absolute Gasteiger partial charge is 0.243 e. The van der Waals surface area contributed by atoms with Crippen LogP contribution in [0, 0.1) is 0 Å². The van der Waals surface area contributed by atoms with Crippen molar-refractivity contribution in [1.29, 1.82) is 0 Å². The van der Waals surface area contributed by atoms with Crippen LogP contribution in [0.5, 0.6) is 17.2 Å². The van der Waals surface area contributed by atoms with Gasteiger partial charge in [-0.25, -0.2) is 8.42 Å². The van der Waals surface area contributed by atoms with Crippen LogP contribution < -0.4 is 14.2 Å². The summed E-state index contributed by atoms with van der Waals surface area (Å²) in [6.45, 7) is 3.00. The van der Waals surface area contributed by atoms with Crippen molar-refractivity contribution in [3.63, 3.8) is 0 Å². The summed E-state index contributed by atoms with van der Waals surface area (Å²) < 4.78 is 43.2. The van der Waals surface area contributed by atoms with E-state index in [0.29, 0.717) is 37.7 Å². The maximum Gasteiger partial charge on any atom is 0.243 e. The molecule has 1 fully saturated rings. The van der Waals surface area contributed by atoms with Crippen LogP contribution in [0.15, 0.2) is 47.4 Å². The van der Waals surface area contributed by atoms with Gasteiger partial charge in [-0.1, -0.05) is 12.1 Å². The molecule has 0 atom stereocenters. The van der Waals surface area contributed by atoms with Gasteiger partial charge in [0.2, 0.25) is 10.0 Å². The third-order valence-corrected chi connectivity index (χ3v) is 6.76. The molecule has 28 heavy (non-hydrogen) atoms. The highest BCUT2D eigenvalue weighted by Gasteiger charge is 2.29. The van der Waals surface area contributed by atoms with Crippen LogP contribution in [0.2, 0.25) is 0 Å². The third kappa shape index (κ3) is 4.40. The summed E-state index contributed by atoms with van der Waals surface area (Å²) in [5.74, 6) is 1.73. The number of methoxy groups -OCH3 is 3. The first-order valence-electron chi connectivity index (χ1n) is 9.05. The first-order valence-corrected chi connectivity index (χ1v) is 10.5. The molecule has 1 heterocycles. The van der Waals surface area contributed by atoms with Gasteiger partial charge < -0.3 is 14.2 Å². The standard InChI is InChI=1S/C20H26N2O5S/c1-25-17-6-4-5-16(13-17)15-21-9-11-22(12-10-21)28(23,24)18-7-8-19(26-2)20(14-18)27-3/h4-8,13-14H,9-12,15H2,1-3H3. The van der Waals surface area contributed by atoms with Gasteiger partial charge in [-0.3, -0.25) is 4.90 Å². The van der Waals surface area contributed by atoms with Crippen molar-refractivity contribution < 1.29 is 22.6 Å². The predicted molar refractivity (Wildman–Crippen MR) is 107 cm³/mol. The molecule has 0 aromatic heterocycles. The molecule has 1 aliphatic rings. The molecule has 7 nitrogen and oxygen atoms in total. The van der Waals surface area contributed by atoms with E-state index >= 15 is 0 Å². The van der Waals surface area contributed by atoms with Gasteiger partial charge in [-0.05, 0) is 29.8 Å². The lowest BCUT2D eigenvalue weighted by atomic mass is 10.2. The molecule has 1 aliphatic heterocycles. The van der Waals surface area contributed by atoms with E-state index in [0.717, 1.165) is 17.9 Å². The Labute approximate surface area is 166 Å². The summed E-state index contributed by atoms with van der Waals surface area (Å²) in [5, 5.41) is 0. The fourth-order valence-corrected chi connectivity index (χ4v) is 4.72. The highest BCUT2D eigenvalue weighted by Crippen LogP contribution is 2.31. The van der Waals surface area contributed by atoms with Gasteiger partial charge in [0.15, 0.2) is 11.5 Å². The van der Waals surface area contributed by atoms with E-state index in [2.05, 4.69) is 11.0 Å². The van der Waals surface area contributed by atoms with Crippen molar-refractivity contribution >= 4 is 10.0 Å². The van der Waals surface area contributed by atoms with Crippen LogP contribution in [-0.2, 0) is 16.6 Å². The number of ether oxygens (including phenoxy) is 3. The molecule has 1 saturated heterocycles. The van der Waals surface area contributed by atoms with Crippen LogP contribution in [-0.4, -0.2) is 65.1 Å². The van der Waals surface area contributed by atoms with E-state index in [4.69, 9.17) is 14.2 Å². The summed E-state index contributed by atoms with van der Waals surface area (Å²) in [7, 11) is 1.09. The monoisotopic (exact) mass is 406 g/mol. The first kappa shape index (κ1) is 20.4. The summed E-state index contributed by atoms with van der Waals surface area (Å²) >= 11 is 0. The van der Waals surface area contributed by atoms with Gasteiger partial charge >= 0.3 is 0 Å². The SMILES string of the molecule is COc1cccc(CN2CCN(S(=O)(=O)c3ccc(OC)c(OC)c3)CC2)c1. The van der Waals surface area contributed by atoms with Gasteiger partial charge in [-0.2, -0.15) is 4.31 Å². The zero-order valence-electron chi connectivity index (χ0n) is 16.4. The molecular weight excluding hydrogens is 380 g/mol. The Hall–Kier alpha value is -2.29. The van der Waals surface area contributed by atoms with E-state index in [1.165, 1.54) is 24.6 Å². The maximum atomic E-state index is 13.0. The molecule has 3 rings (SSSR count). The lowest BCUT2D eigenvalue weighted by Crippen LogP contribution is -2.48. The summed E-state index contributed by atoms with van der Waals surface area (Å²) in [5.41, 5.74) is 1.15. The molecule has 0 amide bonds. The molecule has 152 valence electrons. The van der Waals surface area contributed by atoms with E-state index < -0.39 is 10.0 Å². The molecule has 0 saturated carbocycles. The van der Waals surface area contributed by atoms with Crippen LogP contribution in [0.3, 0.4) is 0 Å². The van der Waals surface area contributed by atoms with E-state index in [9.17, 15) is 8.42 Å². The maximum absolute atomic E-state index is 13.0. The van der Waals surface area contributed by atoms with Crippen LogP contribution in [0.1, 0.15) is 5.56 Å². The molecular formula is C20H26N2O5S. The number of hydrogen-bond donors (Lipinski definition) is 0. The minimum atomic E-state index is -3.58. The fourth-order valence-electron chi connectivity index (χ4n) is 3.28. The quantitative estimate of drug-likeness (QED) is 0.702. The zero-order valence-corrected chi connectivity index (χ0v) is 17.2.